The lowest BCUT2D eigenvalue weighted by molar-refractivity contribution is 0.0962. The molecule has 0 bridgehead atoms. The average Bonchev–Trinajstić information content (AvgIpc) is 2.65. The molecule has 1 heterocycles. The fraction of sp³-hybridized carbons (Fsp3) is 1.00. The van der Waals surface area contributed by atoms with Gasteiger partial charge in [0, 0.05) is 25.2 Å². The molecule has 0 radical (unpaired) electrons. The molecule has 3 nitrogen and oxygen atoms in total. The normalized spacial score (nSPS) is 24.9. The monoisotopic (exact) mass is 187 g/mol. The van der Waals surface area contributed by atoms with Crippen LogP contribution in [0.15, 0.2) is 0 Å². The SMILES string of the molecule is CCNC(COCC)C1CCOC1. The van der Waals surface area contributed by atoms with Crippen molar-refractivity contribution in [1.82, 2.24) is 5.32 Å². The van der Waals surface area contributed by atoms with Gasteiger partial charge in [0.2, 0.25) is 0 Å². The first-order valence-corrected chi connectivity index (χ1v) is 5.27. The van der Waals surface area contributed by atoms with Crippen LogP contribution in [0.2, 0.25) is 0 Å². The van der Waals surface area contributed by atoms with Crippen LogP contribution in [0.1, 0.15) is 20.3 Å². The fourth-order valence-corrected chi connectivity index (χ4v) is 1.74. The highest BCUT2D eigenvalue weighted by Crippen LogP contribution is 2.16. The smallest absolute Gasteiger partial charge is 0.0623 e. The quantitative estimate of drug-likeness (QED) is 0.674. The summed E-state index contributed by atoms with van der Waals surface area (Å²) in [7, 11) is 0. The Bertz CT molecular complexity index is 124. The number of nitrogens with one attached hydrogen (secondary N) is 1. The van der Waals surface area contributed by atoms with Crippen molar-refractivity contribution in [3.8, 4) is 0 Å². The summed E-state index contributed by atoms with van der Waals surface area (Å²) >= 11 is 0. The minimum absolute atomic E-state index is 0.479. The van der Waals surface area contributed by atoms with Gasteiger partial charge in [-0.1, -0.05) is 6.92 Å². The molecule has 3 heteroatoms. The number of likely N-dealkylation sites (N-methyl/N-ethyl adjacent to an activating group) is 1. The van der Waals surface area contributed by atoms with Crippen molar-refractivity contribution in [3.05, 3.63) is 0 Å². The Morgan fingerprint density at radius 1 is 1.54 bits per heavy atom. The van der Waals surface area contributed by atoms with E-state index in [1.165, 1.54) is 6.42 Å². The Morgan fingerprint density at radius 2 is 2.38 bits per heavy atom. The summed E-state index contributed by atoms with van der Waals surface area (Å²) in [6, 6.07) is 0.479. The molecule has 13 heavy (non-hydrogen) atoms. The van der Waals surface area contributed by atoms with Gasteiger partial charge in [0.25, 0.3) is 0 Å². The minimum Gasteiger partial charge on any atom is -0.381 e. The molecule has 1 aliphatic heterocycles. The second-order valence-electron chi connectivity index (χ2n) is 3.45. The maximum atomic E-state index is 5.44. The van der Waals surface area contributed by atoms with E-state index in [1.807, 2.05) is 6.92 Å². The number of hydrogen-bond donors (Lipinski definition) is 1. The van der Waals surface area contributed by atoms with E-state index in [0.29, 0.717) is 12.0 Å². The molecular weight excluding hydrogens is 166 g/mol. The van der Waals surface area contributed by atoms with Crippen LogP contribution in [0, 0.1) is 5.92 Å². The van der Waals surface area contributed by atoms with Gasteiger partial charge in [-0.15, -0.1) is 0 Å². The highest BCUT2D eigenvalue weighted by molar-refractivity contribution is 4.78. The zero-order valence-corrected chi connectivity index (χ0v) is 8.71. The van der Waals surface area contributed by atoms with Gasteiger partial charge in [0.15, 0.2) is 0 Å². The summed E-state index contributed by atoms with van der Waals surface area (Å²) in [5, 5.41) is 3.45. The highest BCUT2D eigenvalue weighted by atomic mass is 16.5. The predicted octanol–water partition coefficient (Wildman–Crippen LogP) is 1.04. The molecular formula is C10H21NO2. The lowest BCUT2D eigenvalue weighted by atomic mass is 10.00. The number of rotatable bonds is 6. The maximum Gasteiger partial charge on any atom is 0.0623 e. The Labute approximate surface area is 80.8 Å². The largest absolute Gasteiger partial charge is 0.381 e. The first-order valence-electron chi connectivity index (χ1n) is 5.27. The molecule has 1 saturated heterocycles. The van der Waals surface area contributed by atoms with Crippen molar-refractivity contribution in [2.24, 2.45) is 5.92 Å². The Hall–Kier alpha value is -0.120. The van der Waals surface area contributed by atoms with E-state index in [0.717, 1.165) is 33.0 Å². The molecule has 2 atom stereocenters. The van der Waals surface area contributed by atoms with Crippen molar-refractivity contribution in [3.63, 3.8) is 0 Å². The van der Waals surface area contributed by atoms with Gasteiger partial charge < -0.3 is 14.8 Å². The Kier molecular flexibility index (Phi) is 5.35. The first kappa shape index (κ1) is 11.0. The van der Waals surface area contributed by atoms with Crippen molar-refractivity contribution in [2.75, 3.05) is 33.0 Å². The van der Waals surface area contributed by atoms with Crippen molar-refractivity contribution < 1.29 is 9.47 Å². The van der Waals surface area contributed by atoms with Crippen LogP contribution < -0.4 is 5.32 Å². The van der Waals surface area contributed by atoms with Crippen LogP contribution in [-0.4, -0.2) is 39.0 Å². The van der Waals surface area contributed by atoms with E-state index >= 15 is 0 Å². The molecule has 0 aromatic heterocycles. The zero-order chi connectivity index (χ0) is 9.52. The van der Waals surface area contributed by atoms with Gasteiger partial charge in [-0.25, -0.2) is 0 Å². The summed E-state index contributed by atoms with van der Waals surface area (Å²) in [5.74, 6) is 0.645. The number of ether oxygens (including phenoxy) is 2. The second kappa shape index (κ2) is 6.35. The van der Waals surface area contributed by atoms with Crippen LogP contribution >= 0.6 is 0 Å². The fourth-order valence-electron chi connectivity index (χ4n) is 1.74. The molecule has 0 spiro atoms. The van der Waals surface area contributed by atoms with Crippen molar-refractivity contribution in [1.29, 1.82) is 0 Å². The third-order valence-corrected chi connectivity index (χ3v) is 2.50. The molecule has 1 aliphatic rings. The minimum atomic E-state index is 0.479. The second-order valence-corrected chi connectivity index (χ2v) is 3.45. The van der Waals surface area contributed by atoms with E-state index in [9.17, 15) is 0 Å². The van der Waals surface area contributed by atoms with Crippen LogP contribution in [0.5, 0.6) is 0 Å². The van der Waals surface area contributed by atoms with Crippen LogP contribution in [0.4, 0.5) is 0 Å². The average molecular weight is 187 g/mol. The van der Waals surface area contributed by atoms with Gasteiger partial charge in [0.05, 0.1) is 13.2 Å². The third kappa shape index (κ3) is 3.63. The summed E-state index contributed by atoms with van der Waals surface area (Å²) in [6.07, 6.45) is 1.17. The van der Waals surface area contributed by atoms with Crippen molar-refractivity contribution >= 4 is 0 Å². The topological polar surface area (TPSA) is 30.5 Å². The summed E-state index contributed by atoms with van der Waals surface area (Å²) < 4.78 is 10.8. The molecule has 78 valence electrons. The van der Waals surface area contributed by atoms with Crippen LogP contribution in [0.25, 0.3) is 0 Å². The molecule has 0 aliphatic carbocycles. The molecule has 0 saturated carbocycles. The van der Waals surface area contributed by atoms with E-state index in [-0.39, 0.29) is 0 Å². The molecule has 1 N–H and O–H groups in total. The van der Waals surface area contributed by atoms with Gasteiger partial charge in [-0.05, 0) is 19.9 Å². The molecule has 2 unspecified atom stereocenters. The summed E-state index contributed by atoms with van der Waals surface area (Å²) in [5.41, 5.74) is 0. The van der Waals surface area contributed by atoms with E-state index in [1.54, 1.807) is 0 Å². The lowest BCUT2D eigenvalue weighted by Gasteiger charge is -2.22. The van der Waals surface area contributed by atoms with Crippen LogP contribution in [-0.2, 0) is 9.47 Å². The molecule has 1 fully saturated rings. The highest BCUT2D eigenvalue weighted by Gasteiger charge is 2.24. The number of hydrogen-bond acceptors (Lipinski definition) is 3. The lowest BCUT2D eigenvalue weighted by Crippen LogP contribution is -2.40. The first-order chi connectivity index (χ1) is 6.38. The Morgan fingerprint density at radius 3 is 2.92 bits per heavy atom. The van der Waals surface area contributed by atoms with Gasteiger partial charge >= 0.3 is 0 Å². The molecule has 1 rings (SSSR count). The standard InChI is InChI=1S/C10H21NO2/c1-3-11-10(8-12-4-2)9-5-6-13-7-9/h9-11H,3-8H2,1-2H3. The van der Waals surface area contributed by atoms with Crippen LogP contribution in [0.3, 0.4) is 0 Å². The van der Waals surface area contributed by atoms with Gasteiger partial charge in [0.1, 0.15) is 0 Å². The third-order valence-electron chi connectivity index (χ3n) is 2.50. The predicted molar refractivity (Wildman–Crippen MR) is 52.9 cm³/mol. The molecule has 0 aromatic rings. The van der Waals surface area contributed by atoms with E-state index in [4.69, 9.17) is 9.47 Å². The van der Waals surface area contributed by atoms with Crippen molar-refractivity contribution in [2.45, 2.75) is 26.3 Å². The van der Waals surface area contributed by atoms with E-state index < -0.39 is 0 Å². The maximum absolute atomic E-state index is 5.44. The van der Waals surface area contributed by atoms with Gasteiger partial charge in [-0.2, -0.15) is 0 Å². The van der Waals surface area contributed by atoms with Gasteiger partial charge in [-0.3, -0.25) is 0 Å². The molecule has 0 aromatic carbocycles. The molecule has 0 amide bonds. The summed E-state index contributed by atoms with van der Waals surface area (Å²) in [4.78, 5) is 0. The van der Waals surface area contributed by atoms with E-state index in [2.05, 4.69) is 12.2 Å². The Balaban J connectivity index is 2.26. The zero-order valence-electron chi connectivity index (χ0n) is 8.71. The summed E-state index contributed by atoms with van der Waals surface area (Å²) in [6.45, 7) is 8.61.